The highest BCUT2D eigenvalue weighted by atomic mass is 32.2. The molecule has 1 atom stereocenters. The van der Waals surface area contributed by atoms with E-state index in [4.69, 9.17) is 9.52 Å². The van der Waals surface area contributed by atoms with Crippen LogP contribution in [0.1, 0.15) is 23.4 Å². The van der Waals surface area contributed by atoms with Gasteiger partial charge in [0.05, 0.1) is 0 Å². The Morgan fingerprint density at radius 3 is 2.54 bits per heavy atom. The molecule has 0 radical (unpaired) electrons. The summed E-state index contributed by atoms with van der Waals surface area (Å²) in [6.07, 6.45) is 1.05. The molecule has 3 heterocycles. The maximum atomic E-state index is 12.7. The van der Waals surface area contributed by atoms with Crippen molar-refractivity contribution in [1.82, 2.24) is 9.21 Å². The number of sulfonamides is 1. The van der Waals surface area contributed by atoms with Gasteiger partial charge in [-0.1, -0.05) is 0 Å². The van der Waals surface area contributed by atoms with E-state index in [1.165, 1.54) is 0 Å². The Balaban J connectivity index is 1.83. The summed E-state index contributed by atoms with van der Waals surface area (Å²) < 4.78 is 31.5. The topological polar surface area (TPSA) is 108 Å². The van der Waals surface area contributed by atoms with Gasteiger partial charge in [0.2, 0.25) is 16.8 Å². The number of rotatable bonds is 4. The lowest BCUT2D eigenvalue weighted by molar-refractivity contribution is -0.134. The van der Waals surface area contributed by atoms with Crippen LogP contribution in [0.4, 0.5) is 0 Å². The number of carboxylic acids is 1. The van der Waals surface area contributed by atoms with Crippen LogP contribution in [0.5, 0.6) is 0 Å². The molecule has 2 aliphatic rings. The van der Waals surface area contributed by atoms with E-state index < -0.39 is 32.9 Å². The summed E-state index contributed by atoms with van der Waals surface area (Å²) in [6.45, 7) is 1.47. The van der Waals surface area contributed by atoms with E-state index in [2.05, 4.69) is 0 Å². The molecule has 2 aliphatic heterocycles. The second-order valence-electron chi connectivity index (χ2n) is 5.64. The molecular formula is C14H18N2O6S2. The van der Waals surface area contributed by atoms with Crippen LogP contribution < -0.4 is 0 Å². The van der Waals surface area contributed by atoms with Gasteiger partial charge in [-0.25, -0.2) is 13.2 Å². The standard InChI is InChI=1S/C14H18N2O6S2/c17-13(15-6-8-23-9-7-15)10-2-1-5-16(10)24(20,21)12-4-3-11(22-12)14(18)19/h3-4,10H,1-2,5-9H2,(H,18,19). The number of furan rings is 1. The van der Waals surface area contributed by atoms with Crippen molar-refractivity contribution in [3.05, 3.63) is 17.9 Å². The minimum Gasteiger partial charge on any atom is -0.475 e. The van der Waals surface area contributed by atoms with Gasteiger partial charge in [-0.15, -0.1) is 0 Å². The fourth-order valence-electron chi connectivity index (χ4n) is 2.96. The second-order valence-corrected chi connectivity index (χ2v) is 8.68. The molecule has 0 aliphatic carbocycles. The predicted octanol–water partition coefficient (Wildman–Crippen LogP) is 0.706. The summed E-state index contributed by atoms with van der Waals surface area (Å²) in [5.74, 6) is -0.252. The van der Waals surface area contributed by atoms with Gasteiger partial charge in [0.1, 0.15) is 6.04 Å². The van der Waals surface area contributed by atoms with Gasteiger partial charge in [0.25, 0.3) is 10.0 Å². The quantitative estimate of drug-likeness (QED) is 0.826. The summed E-state index contributed by atoms with van der Waals surface area (Å²) in [5.41, 5.74) is 0. The molecule has 10 heteroatoms. The molecule has 132 valence electrons. The van der Waals surface area contributed by atoms with Crippen LogP contribution in [0.2, 0.25) is 0 Å². The van der Waals surface area contributed by atoms with Crippen LogP contribution in [0, 0.1) is 0 Å². The molecule has 1 unspecified atom stereocenters. The van der Waals surface area contributed by atoms with Crippen molar-refractivity contribution in [3.8, 4) is 0 Å². The third-order valence-electron chi connectivity index (χ3n) is 4.17. The molecule has 1 N–H and O–H groups in total. The number of aromatic carboxylic acids is 1. The van der Waals surface area contributed by atoms with Gasteiger partial charge in [0.15, 0.2) is 0 Å². The summed E-state index contributed by atoms with van der Waals surface area (Å²) >= 11 is 1.77. The number of nitrogens with zero attached hydrogens (tertiary/aromatic N) is 2. The molecule has 1 amide bonds. The van der Waals surface area contributed by atoms with Gasteiger partial charge in [-0.05, 0) is 25.0 Å². The fraction of sp³-hybridized carbons (Fsp3) is 0.571. The zero-order valence-corrected chi connectivity index (χ0v) is 14.5. The molecule has 2 fully saturated rings. The van der Waals surface area contributed by atoms with Crippen molar-refractivity contribution in [1.29, 1.82) is 0 Å². The number of thioether (sulfide) groups is 1. The van der Waals surface area contributed by atoms with Gasteiger partial charge < -0.3 is 14.4 Å². The lowest BCUT2D eigenvalue weighted by atomic mass is 10.2. The molecule has 0 bridgehead atoms. The molecular weight excluding hydrogens is 356 g/mol. The molecule has 0 saturated carbocycles. The maximum absolute atomic E-state index is 12.7. The summed E-state index contributed by atoms with van der Waals surface area (Å²) in [7, 11) is -4.03. The van der Waals surface area contributed by atoms with E-state index in [0.717, 1.165) is 27.9 Å². The molecule has 1 aromatic heterocycles. The summed E-state index contributed by atoms with van der Waals surface area (Å²) in [6, 6.07) is 1.48. The first kappa shape index (κ1) is 17.3. The molecule has 3 rings (SSSR count). The number of carboxylic acid groups (broad SMARTS) is 1. The van der Waals surface area contributed by atoms with Crippen molar-refractivity contribution in [2.75, 3.05) is 31.1 Å². The van der Waals surface area contributed by atoms with Crippen LogP contribution in [0.15, 0.2) is 21.6 Å². The smallest absolute Gasteiger partial charge is 0.371 e. The Bertz CT molecular complexity index is 738. The van der Waals surface area contributed by atoms with Gasteiger partial charge in [-0.2, -0.15) is 16.1 Å². The van der Waals surface area contributed by atoms with Gasteiger partial charge >= 0.3 is 5.97 Å². The van der Waals surface area contributed by atoms with Gasteiger partial charge in [0, 0.05) is 31.1 Å². The third kappa shape index (κ3) is 3.17. The number of hydrogen-bond donors (Lipinski definition) is 1. The molecule has 2 saturated heterocycles. The van der Waals surface area contributed by atoms with E-state index in [1.807, 2.05) is 0 Å². The van der Waals surface area contributed by atoms with Crippen LogP contribution in [-0.4, -0.2) is 71.8 Å². The SMILES string of the molecule is O=C(O)c1ccc(S(=O)(=O)N2CCCC2C(=O)N2CCSCC2)o1. The zero-order chi connectivity index (χ0) is 17.3. The number of amides is 1. The zero-order valence-electron chi connectivity index (χ0n) is 12.9. The number of carbonyl (C=O) groups is 2. The fourth-order valence-corrected chi connectivity index (χ4v) is 5.43. The molecule has 0 spiro atoms. The minimum absolute atomic E-state index is 0.179. The Labute approximate surface area is 143 Å². The highest BCUT2D eigenvalue weighted by Gasteiger charge is 2.42. The van der Waals surface area contributed by atoms with E-state index in [0.29, 0.717) is 25.9 Å². The number of carbonyl (C=O) groups excluding carboxylic acids is 1. The normalized spacial score (nSPS) is 22.7. The van der Waals surface area contributed by atoms with Crippen molar-refractivity contribution in [3.63, 3.8) is 0 Å². The predicted molar refractivity (Wildman–Crippen MR) is 86.5 cm³/mol. The van der Waals surface area contributed by atoms with E-state index in [-0.39, 0.29) is 12.5 Å². The highest BCUT2D eigenvalue weighted by Crippen LogP contribution is 2.29. The highest BCUT2D eigenvalue weighted by molar-refractivity contribution is 7.99. The Morgan fingerprint density at radius 1 is 1.21 bits per heavy atom. The molecule has 24 heavy (non-hydrogen) atoms. The first-order chi connectivity index (χ1) is 11.4. The van der Waals surface area contributed by atoms with Crippen molar-refractivity contribution in [2.45, 2.75) is 24.0 Å². The first-order valence-corrected chi connectivity index (χ1v) is 10.2. The Kier molecular flexibility index (Phi) is 4.88. The van der Waals surface area contributed by atoms with Crippen LogP contribution in [-0.2, 0) is 14.8 Å². The largest absolute Gasteiger partial charge is 0.475 e. The lowest BCUT2D eigenvalue weighted by Crippen LogP contribution is -2.49. The van der Waals surface area contributed by atoms with Crippen LogP contribution in [0.3, 0.4) is 0 Å². The molecule has 8 nitrogen and oxygen atoms in total. The average molecular weight is 374 g/mol. The van der Waals surface area contributed by atoms with E-state index in [9.17, 15) is 18.0 Å². The van der Waals surface area contributed by atoms with Gasteiger partial charge in [-0.3, -0.25) is 4.79 Å². The Hall–Kier alpha value is -1.52. The molecule has 0 aromatic carbocycles. The first-order valence-electron chi connectivity index (χ1n) is 7.63. The summed E-state index contributed by atoms with van der Waals surface area (Å²) in [4.78, 5) is 25.3. The van der Waals surface area contributed by atoms with Crippen molar-refractivity contribution >= 4 is 33.7 Å². The second kappa shape index (κ2) is 6.77. The monoisotopic (exact) mass is 374 g/mol. The van der Waals surface area contributed by atoms with Crippen molar-refractivity contribution in [2.24, 2.45) is 0 Å². The summed E-state index contributed by atoms with van der Waals surface area (Å²) in [5, 5.41) is 8.44. The van der Waals surface area contributed by atoms with Crippen LogP contribution in [0.25, 0.3) is 0 Å². The van der Waals surface area contributed by atoms with Crippen LogP contribution >= 0.6 is 11.8 Å². The lowest BCUT2D eigenvalue weighted by Gasteiger charge is -2.31. The maximum Gasteiger partial charge on any atom is 0.371 e. The number of hydrogen-bond acceptors (Lipinski definition) is 6. The molecule has 1 aromatic rings. The van der Waals surface area contributed by atoms with Crippen molar-refractivity contribution < 1.29 is 27.5 Å². The third-order valence-corrected chi connectivity index (χ3v) is 6.89. The Morgan fingerprint density at radius 2 is 1.92 bits per heavy atom. The van der Waals surface area contributed by atoms with E-state index >= 15 is 0 Å². The minimum atomic E-state index is -4.03. The average Bonchev–Trinajstić information content (AvgIpc) is 3.24. The van der Waals surface area contributed by atoms with E-state index in [1.54, 1.807) is 16.7 Å².